The molecule has 0 saturated heterocycles. The van der Waals surface area contributed by atoms with E-state index in [-0.39, 0.29) is 0 Å². The van der Waals surface area contributed by atoms with Crippen LogP contribution in [0, 0.1) is 11.3 Å². The van der Waals surface area contributed by atoms with E-state index in [4.69, 9.17) is 28.5 Å². The van der Waals surface area contributed by atoms with Crippen molar-refractivity contribution in [3.8, 4) is 6.07 Å². The van der Waals surface area contributed by atoms with Crippen LogP contribution in [0.2, 0.25) is 10.3 Å². The molecule has 2 aromatic rings. The van der Waals surface area contributed by atoms with Crippen molar-refractivity contribution in [1.82, 2.24) is 9.97 Å². The molecule has 0 aliphatic heterocycles. The van der Waals surface area contributed by atoms with Crippen LogP contribution >= 0.6 is 23.2 Å². The Morgan fingerprint density at radius 3 is 2.55 bits per heavy atom. The Balaban J connectivity index is 2.31. The summed E-state index contributed by atoms with van der Waals surface area (Å²) < 4.78 is 0. The molecular formula is C14H12Cl2N4. The van der Waals surface area contributed by atoms with E-state index in [1.165, 1.54) is 0 Å². The number of pyridine rings is 2. The third-order valence-corrected chi connectivity index (χ3v) is 3.24. The van der Waals surface area contributed by atoms with Gasteiger partial charge in [-0.15, -0.1) is 0 Å². The normalized spacial score (nSPS) is 10.1. The number of nitrogens with zero attached hydrogens (tertiary/aromatic N) is 4. The average molecular weight is 307 g/mol. The van der Waals surface area contributed by atoms with Gasteiger partial charge in [-0.25, -0.2) is 9.97 Å². The summed E-state index contributed by atoms with van der Waals surface area (Å²) in [5.74, 6) is 0.581. The Morgan fingerprint density at radius 1 is 1.20 bits per heavy atom. The number of halogens is 2. The van der Waals surface area contributed by atoms with E-state index in [0.717, 1.165) is 5.56 Å². The van der Waals surface area contributed by atoms with E-state index < -0.39 is 0 Å². The summed E-state index contributed by atoms with van der Waals surface area (Å²) in [5, 5.41) is 9.99. The van der Waals surface area contributed by atoms with Crippen LogP contribution in [-0.4, -0.2) is 16.5 Å². The number of nitriles is 1. The molecule has 0 amide bonds. The summed E-state index contributed by atoms with van der Waals surface area (Å²) in [4.78, 5) is 10.3. The molecule has 102 valence electrons. The van der Waals surface area contributed by atoms with Gasteiger partial charge in [-0.3, -0.25) is 0 Å². The second kappa shape index (κ2) is 6.56. The lowest BCUT2D eigenvalue weighted by atomic mass is 10.2. The van der Waals surface area contributed by atoms with E-state index in [0.29, 0.717) is 34.8 Å². The highest BCUT2D eigenvalue weighted by Crippen LogP contribution is 2.22. The molecule has 0 unspecified atom stereocenters. The molecule has 20 heavy (non-hydrogen) atoms. The number of aromatic nitrogens is 2. The molecule has 2 aromatic heterocycles. The van der Waals surface area contributed by atoms with Gasteiger partial charge < -0.3 is 4.90 Å². The maximum Gasteiger partial charge on any atom is 0.148 e. The van der Waals surface area contributed by atoms with Crippen molar-refractivity contribution < 1.29 is 0 Å². The van der Waals surface area contributed by atoms with E-state index >= 15 is 0 Å². The van der Waals surface area contributed by atoms with Crippen molar-refractivity contribution in [1.29, 1.82) is 5.26 Å². The Labute approximate surface area is 127 Å². The van der Waals surface area contributed by atoms with E-state index in [1.54, 1.807) is 24.4 Å². The molecule has 2 heterocycles. The SMILES string of the molecule is CCN(Cc1ccc(Cl)nc1)c1nc(Cl)ccc1C#N. The first kappa shape index (κ1) is 14.6. The molecule has 0 atom stereocenters. The van der Waals surface area contributed by atoms with Crippen molar-refractivity contribution in [3.63, 3.8) is 0 Å². The Hall–Kier alpha value is -1.83. The monoisotopic (exact) mass is 306 g/mol. The maximum absolute atomic E-state index is 9.17. The fourth-order valence-corrected chi connectivity index (χ4v) is 2.07. The summed E-state index contributed by atoms with van der Waals surface area (Å²) in [6.45, 7) is 3.28. The summed E-state index contributed by atoms with van der Waals surface area (Å²) in [6.07, 6.45) is 1.71. The van der Waals surface area contributed by atoms with Crippen molar-refractivity contribution in [2.75, 3.05) is 11.4 Å². The first-order valence-electron chi connectivity index (χ1n) is 6.06. The first-order chi connectivity index (χ1) is 9.63. The molecule has 0 spiro atoms. The lowest BCUT2D eigenvalue weighted by Crippen LogP contribution is -2.24. The predicted octanol–water partition coefficient (Wildman–Crippen LogP) is 3.68. The molecule has 0 aromatic carbocycles. The highest BCUT2D eigenvalue weighted by atomic mass is 35.5. The van der Waals surface area contributed by atoms with Crippen molar-refractivity contribution in [2.24, 2.45) is 0 Å². The van der Waals surface area contributed by atoms with Crippen LogP contribution in [0.25, 0.3) is 0 Å². The van der Waals surface area contributed by atoms with Crippen molar-refractivity contribution in [3.05, 3.63) is 51.9 Å². The lowest BCUT2D eigenvalue weighted by molar-refractivity contribution is 0.809. The van der Waals surface area contributed by atoms with Crippen LogP contribution in [0.5, 0.6) is 0 Å². The van der Waals surface area contributed by atoms with Crippen molar-refractivity contribution >= 4 is 29.0 Å². The number of anilines is 1. The zero-order chi connectivity index (χ0) is 14.5. The Bertz CT molecular complexity index is 635. The molecular weight excluding hydrogens is 295 g/mol. The summed E-state index contributed by atoms with van der Waals surface area (Å²) in [6, 6.07) is 9.05. The van der Waals surface area contributed by atoms with E-state index in [9.17, 15) is 0 Å². The van der Waals surface area contributed by atoms with Crippen molar-refractivity contribution in [2.45, 2.75) is 13.5 Å². The van der Waals surface area contributed by atoms with Crippen LogP contribution in [0.3, 0.4) is 0 Å². The Kier molecular flexibility index (Phi) is 4.78. The second-order valence-electron chi connectivity index (χ2n) is 4.12. The van der Waals surface area contributed by atoms with E-state index in [2.05, 4.69) is 16.0 Å². The molecule has 0 radical (unpaired) electrons. The molecule has 0 aliphatic carbocycles. The molecule has 0 fully saturated rings. The van der Waals surface area contributed by atoms with Gasteiger partial charge in [-0.05, 0) is 30.7 Å². The average Bonchev–Trinajstić information content (AvgIpc) is 2.46. The molecule has 0 aliphatic rings. The van der Waals surface area contributed by atoms with Gasteiger partial charge in [-0.1, -0.05) is 29.3 Å². The molecule has 6 heteroatoms. The van der Waals surface area contributed by atoms with Gasteiger partial charge in [0.2, 0.25) is 0 Å². The van der Waals surface area contributed by atoms with Crippen LogP contribution < -0.4 is 4.90 Å². The summed E-state index contributed by atoms with van der Waals surface area (Å²) >= 11 is 11.7. The largest absolute Gasteiger partial charge is 0.351 e. The standard InChI is InChI=1S/C14H12Cl2N4/c1-2-20(9-10-3-5-12(15)18-8-10)14-11(7-17)4-6-13(16)19-14/h3-6,8H,2,9H2,1H3. The van der Waals surface area contributed by atoms with Gasteiger partial charge in [0, 0.05) is 19.3 Å². The highest BCUT2D eigenvalue weighted by Gasteiger charge is 2.13. The van der Waals surface area contributed by atoms with Gasteiger partial charge in [0.25, 0.3) is 0 Å². The maximum atomic E-state index is 9.17. The fourth-order valence-electron chi connectivity index (χ4n) is 1.81. The quantitative estimate of drug-likeness (QED) is 0.809. The fraction of sp³-hybridized carbons (Fsp3) is 0.214. The second-order valence-corrected chi connectivity index (χ2v) is 4.89. The van der Waals surface area contributed by atoms with Gasteiger partial charge in [0.05, 0.1) is 5.56 Å². The molecule has 2 rings (SSSR count). The molecule has 0 bridgehead atoms. The predicted molar refractivity (Wildman–Crippen MR) is 79.9 cm³/mol. The lowest BCUT2D eigenvalue weighted by Gasteiger charge is -2.23. The first-order valence-corrected chi connectivity index (χ1v) is 6.81. The van der Waals surface area contributed by atoms with E-state index in [1.807, 2.05) is 17.9 Å². The molecule has 0 N–H and O–H groups in total. The summed E-state index contributed by atoms with van der Waals surface area (Å²) in [7, 11) is 0. The minimum Gasteiger partial charge on any atom is -0.351 e. The van der Waals surface area contributed by atoms with Crippen LogP contribution in [0.4, 0.5) is 5.82 Å². The molecule has 4 nitrogen and oxygen atoms in total. The van der Waals surface area contributed by atoms with Gasteiger partial charge in [-0.2, -0.15) is 5.26 Å². The number of hydrogen-bond acceptors (Lipinski definition) is 4. The smallest absolute Gasteiger partial charge is 0.148 e. The van der Waals surface area contributed by atoms with Gasteiger partial charge in [0.15, 0.2) is 0 Å². The van der Waals surface area contributed by atoms with Crippen LogP contribution in [-0.2, 0) is 6.54 Å². The van der Waals surface area contributed by atoms with Gasteiger partial charge >= 0.3 is 0 Å². The highest BCUT2D eigenvalue weighted by molar-refractivity contribution is 6.29. The summed E-state index contributed by atoms with van der Waals surface area (Å²) in [5.41, 5.74) is 1.49. The van der Waals surface area contributed by atoms with Gasteiger partial charge in [0.1, 0.15) is 22.2 Å². The Morgan fingerprint density at radius 2 is 1.95 bits per heavy atom. The number of rotatable bonds is 4. The topological polar surface area (TPSA) is 52.8 Å². The third kappa shape index (κ3) is 3.38. The third-order valence-electron chi connectivity index (χ3n) is 2.80. The minimum atomic E-state index is 0.367. The zero-order valence-corrected chi connectivity index (χ0v) is 12.4. The van der Waals surface area contributed by atoms with Crippen LogP contribution in [0.15, 0.2) is 30.5 Å². The molecule has 0 saturated carbocycles. The van der Waals surface area contributed by atoms with Crippen LogP contribution in [0.1, 0.15) is 18.1 Å². The zero-order valence-electron chi connectivity index (χ0n) is 10.8. The minimum absolute atomic E-state index is 0.367. The number of hydrogen-bond donors (Lipinski definition) is 0.